The van der Waals surface area contributed by atoms with Gasteiger partial charge in [-0.05, 0) is 25.7 Å². The molecule has 0 bridgehead atoms. The third-order valence-electron chi connectivity index (χ3n) is 8.21. The Morgan fingerprint density at radius 1 is 0.576 bits per heavy atom. The lowest BCUT2D eigenvalue weighted by Crippen LogP contribution is -2.51. The summed E-state index contributed by atoms with van der Waals surface area (Å²) in [4.78, 5) is 33.5. The van der Waals surface area contributed by atoms with E-state index in [4.69, 9.17) is 0 Å². The lowest BCUT2D eigenvalue weighted by Gasteiger charge is -2.36. The van der Waals surface area contributed by atoms with Crippen LogP contribution in [0.3, 0.4) is 0 Å². The van der Waals surface area contributed by atoms with Crippen molar-refractivity contribution in [3.05, 3.63) is 0 Å². The Kier molecular flexibility index (Phi) is 8.68. The van der Waals surface area contributed by atoms with Gasteiger partial charge in [-0.25, -0.2) is 8.42 Å². The smallest absolute Gasteiger partial charge is 0.225 e. The highest BCUT2D eigenvalue weighted by Gasteiger charge is 2.31. The van der Waals surface area contributed by atoms with Crippen LogP contribution in [0.15, 0.2) is 0 Å². The summed E-state index contributed by atoms with van der Waals surface area (Å²) in [5.74, 6) is 1.43. The summed E-state index contributed by atoms with van der Waals surface area (Å²) < 4.78 is 25.3. The molecule has 4 aliphatic rings. The van der Waals surface area contributed by atoms with Crippen molar-refractivity contribution in [2.24, 2.45) is 11.8 Å². The topological polar surface area (TPSA) is 81.2 Å². The number of hydrogen-bond donors (Lipinski definition) is 0. The van der Waals surface area contributed by atoms with Crippen LogP contribution in [0.5, 0.6) is 0 Å². The van der Waals surface area contributed by atoms with Crippen LogP contribution in [0.1, 0.15) is 51.4 Å². The Hall–Kier alpha value is -1.19. The summed E-state index contributed by atoms with van der Waals surface area (Å²) in [6.07, 6.45) is 8.80. The van der Waals surface area contributed by atoms with E-state index in [-0.39, 0.29) is 23.3 Å². The van der Waals surface area contributed by atoms with Crippen LogP contribution in [-0.2, 0) is 19.4 Å². The van der Waals surface area contributed by atoms with Crippen molar-refractivity contribution in [2.75, 3.05) is 77.0 Å². The zero-order chi connectivity index (χ0) is 23.3. The number of amides is 2. The number of rotatable bonds is 8. The van der Waals surface area contributed by atoms with Crippen LogP contribution in [0.2, 0.25) is 0 Å². The number of hydrogen-bond acceptors (Lipinski definition) is 6. The minimum Gasteiger partial charge on any atom is -0.340 e. The van der Waals surface area contributed by atoms with Gasteiger partial charge in [0.15, 0.2) is 9.84 Å². The van der Waals surface area contributed by atoms with Gasteiger partial charge in [0.2, 0.25) is 11.8 Å². The summed E-state index contributed by atoms with van der Waals surface area (Å²) >= 11 is 0. The summed E-state index contributed by atoms with van der Waals surface area (Å²) in [6, 6.07) is 0. The molecule has 0 aromatic carbocycles. The van der Waals surface area contributed by atoms with E-state index >= 15 is 0 Å². The van der Waals surface area contributed by atoms with E-state index in [9.17, 15) is 18.0 Å². The molecule has 0 N–H and O–H groups in total. The maximum absolute atomic E-state index is 12.6. The van der Waals surface area contributed by atoms with Gasteiger partial charge in [0.25, 0.3) is 0 Å². The predicted octanol–water partition coefficient (Wildman–Crippen LogP) is 1.07. The van der Waals surface area contributed by atoms with Crippen molar-refractivity contribution in [2.45, 2.75) is 51.4 Å². The summed E-state index contributed by atoms with van der Waals surface area (Å²) in [7, 11) is -3.11. The molecule has 0 aromatic heterocycles. The second-order valence-corrected chi connectivity index (χ2v) is 12.8. The molecule has 8 nitrogen and oxygen atoms in total. The van der Waals surface area contributed by atoms with Gasteiger partial charge in [0.1, 0.15) is 0 Å². The van der Waals surface area contributed by atoms with Gasteiger partial charge in [-0.1, -0.05) is 25.7 Å². The highest BCUT2D eigenvalue weighted by atomic mass is 32.2. The SMILES string of the molecule is O=C(C1CCCC1)N1CCN(CCS(=O)(=O)CCN2CCN(C(=O)C3CCCC3)CC2)CC1. The standard InChI is InChI=1S/C24H42N4O4S/c29-23(21-5-1-2-6-21)27-13-9-25(10-14-27)17-19-33(31,32)20-18-26-11-15-28(16-12-26)24(30)22-7-3-4-8-22/h21-22H,1-20H2. The van der Waals surface area contributed by atoms with Crippen LogP contribution >= 0.6 is 0 Å². The first-order valence-corrected chi connectivity index (χ1v) is 15.0. The van der Waals surface area contributed by atoms with E-state index in [0.29, 0.717) is 24.9 Å². The molecular formula is C24H42N4O4S. The van der Waals surface area contributed by atoms with Crippen LogP contribution in [-0.4, -0.2) is 117 Å². The van der Waals surface area contributed by atoms with Gasteiger partial charge in [-0.2, -0.15) is 0 Å². The molecule has 188 valence electrons. The van der Waals surface area contributed by atoms with E-state index in [0.717, 1.165) is 78.0 Å². The number of nitrogens with zero attached hydrogens (tertiary/aromatic N) is 4. The van der Waals surface area contributed by atoms with E-state index in [2.05, 4.69) is 9.80 Å². The molecular weight excluding hydrogens is 440 g/mol. The maximum atomic E-state index is 12.6. The minimum atomic E-state index is -3.11. The molecule has 4 fully saturated rings. The van der Waals surface area contributed by atoms with Crippen molar-refractivity contribution < 1.29 is 18.0 Å². The summed E-state index contributed by atoms with van der Waals surface area (Å²) in [5, 5.41) is 0. The highest BCUT2D eigenvalue weighted by Crippen LogP contribution is 2.27. The fourth-order valence-electron chi connectivity index (χ4n) is 5.88. The average Bonchev–Trinajstić information content (AvgIpc) is 3.56. The van der Waals surface area contributed by atoms with Gasteiger partial charge in [-0.3, -0.25) is 19.4 Å². The zero-order valence-corrected chi connectivity index (χ0v) is 20.9. The molecule has 4 rings (SSSR count). The van der Waals surface area contributed by atoms with Gasteiger partial charge in [0, 0.05) is 77.3 Å². The number of piperazine rings is 2. The molecule has 0 spiro atoms. The third-order valence-corrected chi connectivity index (χ3v) is 9.82. The Labute approximate surface area is 199 Å². The highest BCUT2D eigenvalue weighted by molar-refractivity contribution is 7.91. The fraction of sp³-hybridized carbons (Fsp3) is 0.917. The molecule has 0 radical (unpaired) electrons. The monoisotopic (exact) mass is 482 g/mol. The van der Waals surface area contributed by atoms with Crippen molar-refractivity contribution in [1.82, 2.24) is 19.6 Å². The zero-order valence-electron chi connectivity index (χ0n) is 20.1. The fourth-order valence-corrected chi connectivity index (χ4v) is 7.16. The van der Waals surface area contributed by atoms with Gasteiger partial charge >= 0.3 is 0 Å². The lowest BCUT2D eigenvalue weighted by molar-refractivity contribution is -0.137. The Bertz CT molecular complexity index is 703. The van der Waals surface area contributed by atoms with Crippen molar-refractivity contribution in [1.29, 1.82) is 0 Å². The second-order valence-electron chi connectivity index (χ2n) is 10.4. The molecule has 2 heterocycles. The lowest BCUT2D eigenvalue weighted by atomic mass is 10.1. The molecule has 9 heteroatoms. The van der Waals surface area contributed by atoms with E-state index in [1.165, 1.54) is 25.7 Å². The van der Waals surface area contributed by atoms with Crippen LogP contribution in [0.25, 0.3) is 0 Å². The number of carbonyl (C=O) groups excluding carboxylic acids is 2. The molecule has 0 aromatic rings. The molecule has 2 saturated heterocycles. The molecule has 2 aliphatic carbocycles. The maximum Gasteiger partial charge on any atom is 0.225 e. The Morgan fingerprint density at radius 2 is 0.909 bits per heavy atom. The number of carbonyl (C=O) groups is 2. The number of sulfone groups is 1. The normalized spacial score (nSPS) is 24.6. The van der Waals surface area contributed by atoms with E-state index in [1.807, 2.05) is 9.80 Å². The minimum absolute atomic E-state index is 0.184. The first kappa shape index (κ1) is 24.9. The Morgan fingerprint density at radius 3 is 1.24 bits per heavy atom. The molecule has 2 aliphatic heterocycles. The molecule has 0 atom stereocenters. The molecule has 0 unspecified atom stereocenters. The molecule has 2 amide bonds. The quantitative estimate of drug-likeness (QED) is 0.515. The van der Waals surface area contributed by atoms with E-state index < -0.39 is 9.84 Å². The van der Waals surface area contributed by atoms with Gasteiger partial charge < -0.3 is 9.80 Å². The van der Waals surface area contributed by atoms with Crippen molar-refractivity contribution in [3.63, 3.8) is 0 Å². The van der Waals surface area contributed by atoms with Gasteiger partial charge in [0.05, 0.1) is 11.5 Å². The van der Waals surface area contributed by atoms with Crippen LogP contribution in [0, 0.1) is 11.8 Å². The van der Waals surface area contributed by atoms with Crippen molar-refractivity contribution in [3.8, 4) is 0 Å². The third kappa shape index (κ3) is 6.92. The predicted molar refractivity (Wildman–Crippen MR) is 129 cm³/mol. The van der Waals surface area contributed by atoms with Crippen LogP contribution < -0.4 is 0 Å². The van der Waals surface area contributed by atoms with Gasteiger partial charge in [-0.15, -0.1) is 0 Å². The molecule has 33 heavy (non-hydrogen) atoms. The summed E-state index contributed by atoms with van der Waals surface area (Å²) in [6.45, 7) is 7.07. The first-order chi connectivity index (χ1) is 15.9. The molecule has 2 saturated carbocycles. The average molecular weight is 483 g/mol. The van der Waals surface area contributed by atoms with Crippen LogP contribution in [0.4, 0.5) is 0 Å². The largest absolute Gasteiger partial charge is 0.340 e. The summed E-state index contributed by atoms with van der Waals surface area (Å²) in [5.41, 5.74) is 0. The first-order valence-electron chi connectivity index (χ1n) is 13.1. The van der Waals surface area contributed by atoms with Crippen molar-refractivity contribution >= 4 is 21.7 Å². The van der Waals surface area contributed by atoms with E-state index in [1.54, 1.807) is 0 Å². The Balaban J connectivity index is 1.11. The second kappa shape index (κ2) is 11.5.